The lowest BCUT2D eigenvalue weighted by Gasteiger charge is -2.20. The van der Waals surface area contributed by atoms with Crippen LogP contribution >= 0.6 is 0 Å². The highest BCUT2D eigenvalue weighted by molar-refractivity contribution is 5.79. The molecule has 0 aromatic carbocycles. The summed E-state index contributed by atoms with van der Waals surface area (Å²) in [6.07, 6.45) is 0.264. The molecular formula is C11H23N3O3. The molecule has 0 radical (unpaired) electrons. The maximum Gasteiger partial charge on any atom is 0.246 e. The lowest BCUT2D eigenvalue weighted by Crippen LogP contribution is -2.42. The van der Waals surface area contributed by atoms with Gasteiger partial charge in [0.1, 0.15) is 6.61 Å². The Morgan fingerprint density at radius 3 is 2.41 bits per heavy atom. The van der Waals surface area contributed by atoms with Crippen LogP contribution in [0.15, 0.2) is 0 Å². The molecule has 0 heterocycles. The van der Waals surface area contributed by atoms with Gasteiger partial charge in [0.2, 0.25) is 11.8 Å². The van der Waals surface area contributed by atoms with Crippen molar-refractivity contribution in [2.45, 2.75) is 32.7 Å². The number of rotatable bonds is 7. The third-order valence-electron chi connectivity index (χ3n) is 1.68. The number of amides is 2. The van der Waals surface area contributed by atoms with E-state index in [1.54, 1.807) is 0 Å². The molecule has 0 spiro atoms. The quantitative estimate of drug-likeness (QED) is 0.521. The van der Waals surface area contributed by atoms with Gasteiger partial charge >= 0.3 is 0 Å². The monoisotopic (exact) mass is 245 g/mol. The van der Waals surface area contributed by atoms with E-state index in [4.69, 9.17) is 10.5 Å². The number of nitrogens with one attached hydrogen (secondary N) is 2. The molecule has 0 aliphatic carbocycles. The van der Waals surface area contributed by atoms with Crippen LogP contribution in [-0.2, 0) is 14.3 Å². The summed E-state index contributed by atoms with van der Waals surface area (Å²) in [5.41, 5.74) is 4.96. The second-order valence-electron chi connectivity index (χ2n) is 4.74. The Balaban J connectivity index is 3.56. The van der Waals surface area contributed by atoms with E-state index in [1.807, 2.05) is 20.8 Å². The van der Waals surface area contributed by atoms with Crippen molar-refractivity contribution in [3.63, 3.8) is 0 Å². The summed E-state index contributed by atoms with van der Waals surface area (Å²) in [6.45, 7) is 6.77. The van der Waals surface area contributed by atoms with E-state index in [1.165, 1.54) is 0 Å². The van der Waals surface area contributed by atoms with Crippen LogP contribution in [0.2, 0.25) is 0 Å². The molecule has 100 valence electrons. The molecule has 6 nitrogen and oxygen atoms in total. The van der Waals surface area contributed by atoms with Gasteiger partial charge in [-0.25, -0.2) is 0 Å². The Morgan fingerprint density at radius 2 is 1.88 bits per heavy atom. The van der Waals surface area contributed by atoms with Gasteiger partial charge in [-0.2, -0.15) is 0 Å². The Hall–Kier alpha value is -1.14. The van der Waals surface area contributed by atoms with E-state index in [0.29, 0.717) is 19.7 Å². The molecule has 4 N–H and O–H groups in total. The van der Waals surface area contributed by atoms with Crippen molar-refractivity contribution < 1.29 is 14.3 Å². The minimum absolute atomic E-state index is 0.0158. The van der Waals surface area contributed by atoms with Gasteiger partial charge in [0.05, 0.1) is 6.61 Å². The van der Waals surface area contributed by atoms with Crippen molar-refractivity contribution in [3.05, 3.63) is 0 Å². The molecule has 6 heteroatoms. The molecular weight excluding hydrogens is 222 g/mol. The van der Waals surface area contributed by atoms with Gasteiger partial charge in [0.15, 0.2) is 0 Å². The summed E-state index contributed by atoms with van der Waals surface area (Å²) < 4.78 is 4.95. The van der Waals surface area contributed by atoms with E-state index in [0.717, 1.165) is 0 Å². The Labute approximate surface area is 102 Å². The maximum absolute atomic E-state index is 11.4. The van der Waals surface area contributed by atoms with E-state index in [2.05, 4.69) is 10.6 Å². The first-order valence-electron chi connectivity index (χ1n) is 5.70. The normalized spacial score (nSPS) is 11.1. The van der Waals surface area contributed by atoms with Crippen molar-refractivity contribution in [1.82, 2.24) is 10.6 Å². The standard InChI is InChI=1S/C11H23N3O3/c1-11(2,3)14-9(15)4-6-13-10(16)8-17-7-5-12/h4-8,12H2,1-3H3,(H,13,16)(H,14,15). The predicted molar refractivity (Wildman–Crippen MR) is 65.4 cm³/mol. The molecule has 2 amide bonds. The second-order valence-corrected chi connectivity index (χ2v) is 4.74. The van der Waals surface area contributed by atoms with Crippen molar-refractivity contribution in [1.29, 1.82) is 0 Å². The van der Waals surface area contributed by atoms with Crippen LogP contribution < -0.4 is 16.4 Å². The number of nitrogens with two attached hydrogens (primary N) is 1. The lowest BCUT2D eigenvalue weighted by atomic mass is 10.1. The van der Waals surface area contributed by atoms with Gasteiger partial charge < -0.3 is 21.1 Å². The Kier molecular flexibility index (Phi) is 7.49. The van der Waals surface area contributed by atoms with Crippen LogP contribution in [-0.4, -0.2) is 43.7 Å². The average molecular weight is 245 g/mol. The van der Waals surface area contributed by atoms with Crippen LogP contribution in [0.1, 0.15) is 27.2 Å². The van der Waals surface area contributed by atoms with Crippen LogP contribution in [0.3, 0.4) is 0 Å². The molecule has 0 saturated carbocycles. The summed E-state index contributed by atoms with van der Waals surface area (Å²) in [7, 11) is 0. The van der Waals surface area contributed by atoms with Crippen molar-refractivity contribution in [3.8, 4) is 0 Å². The predicted octanol–water partition coefficient (Wildman–Crippen LogP) is -0.617. The molecule has 0 aromatic heterocycles. The summed E-state index contributed by atoms with van der Waals surface area (Å²) in [6, 6.07) is 0. The van der Waals surface area contributed by atoms with Gasteiger partial charge in [-0.05, 0) is 20.8 Å². The number of hydrogen-bond donors (Lipinski definition) is 3. The molecule has 17 heavy (non-hydrogen) atoms. The molecule has 0 aliphatic heterocycles. The summed E-state index contributed by atoms with van der Waals surface area (Å²) in [4.78, 5) is 22.6. The number of carbonyl (C=O) groups excluding carboxylic acids is 2. The van der Waals surface area contributed by atoms with Crippen LogP contribution in [0.5, 0.6) is 0 Å². The molecule has 0 fully saturated rings. The van der Waals surface area contributed by atoms with Gasteiger partial charge in [-0.15, -0.1) is 0 Å². The molecule has 0 aliphatic rings. The highest BCUT2D eigenvalue weighted by Gasteiger charge is 2.13. The van der Waals surface area contributed by atoms with E-state index in [9.17, 15) is 9.59 Å². The molecule has 0 saturated heterocycles. The minimum atomic E-state index is -0.245. The van der Waals surface area contributed by atoms with Crippen LogP contribution in [0.4, 0.5) is 0 Å². The first-order chi connectivity index (χ1) is 7.85. The summed E-state index contributed by atoms with van der Waals surface area (Å²) in [5, 5.41) is 5.40. The Morgan fingerprint density at radius 1 is 1.24 bits per heavy atom. The van der Waals surface area contributed by atoms with Crippen LogP contribution in [0.25, 0.3) is 0 Å². The summed E-state index contributed by atoms with van der Waals surface area (Å²) in [5.74, 6) is -0.317. The fourth-order valence-corrected chi connectivity index (χ4v) is 1.10. The van der Waals surface area contributed by atoms with Gasteiger partial charge in [-0.1, -0.05) is 0 Å². The Bertz CT molecular complexity index is 249. The first kappa shape index (κ1) is 15.9. The topological polar surface area (TPSA) is 93.5 Å². The third kappa shape index (κ3) is 11.1. The smallest absolute Gasteiger partial charge is 0.246 e. The zero-order valence-electron chi connectivity index (χ0n) is 10.8. The fourth-order valence-electron chi connectivity index (χ4n) is 1.10. The van der Waals surface area contributed by atoms with E-state index >= 15 is 0 Å². The molecule has 0 bridgehead atoms. The molecule has 0 atom stereocenters. The molecule has 0 rings (SSSR count). The number of ether oxygens (including phenoxy) is 1. The van der Waals surface area contributed by atoms with Crippen molar-refractivity contribution >= 4 is 11.8 Å². The maximum atomic E-state index is 11.4. The van der Waals surface area contributed by atoms with Crippen molar-refractivity contribution in [2.24, 2.45) is 5.73 Å². The lowest BCUT2D eigenvalue weighted by molar-refractivity contribution is -0.126. The third-order valence-corrected chi connectivity index (χ3v) is 1.68. The minimum Gasteiger partial charge on any atom is -0.370 e. The largest absolute Gasteiger partial charge is 0.370 e. The number of carbonyl (C=O) groups is 2. The number of hydrogen-bond acceptors (Lipinski definition) is 4. The van der Waals surface area contributed by atoms with E-state index < -0.39 is 0 Å². The van der Waals surface area contributed by atoms with Gasteiger partial charge in [-0.3, -0.25) is 9.59 Å². The average Bonchev–Trinajstić information content (AvgIpc) is 2.15. The van der Waals surface area contributed by atoms with Crippen LogP contribution in [0, 0.1) is 0 Å². The van der Waals surface area contributed by atoms with Gasteiger partial charge in [0, 0.05) is 25.0 Å². The second kappa shape index (κ2) is 8.03. The van der Waals surface area contributed by atoms with Crippen molar-refractivity contribution in [2.75, 3.05) is 26.3 Å². The fraction of sp³-hybridized carbons (Fsp3) is 0.818. The van der Waals surface area contributed by atoms with Gasteiger partial charge in [0.25, 0.3) is 0 Å². The molecule has 0 unspecified atom stereocenters. The highest BCUT2D eigenvalue weighted by Crippen LogP contribution is 1.98. The zero-order chi connectivity index (χ0) is 13.3. The van der Waals surface area contributed by atoms with E-state index in [-0.39, 0.29) is 30.4 Å². The summed E-state index contributed by atoms with van der Waals surface area (Å²) >= 11 is 0. The first-order valence-corrected chi connectivity index (χ1v) is 5.70. The molecule has 0 aromatic rings. The zero-order valence-corrected chi connectivity index (χ0v) is 10.8. The SMILES string of the molecule is CC(C)(C)NC(=O)CCNC(=O)COCCN. The highest BCUT2D eigenvalue weighted by atomic mass is 16.5.